The summed E-state index contributed by atoms with van der Waals surface area (Å²) in [6.45, 7) is 11.7. The molecule has 0 bridgehead atoms. The van der Waals surface area contributed by atoms with Crippen molar-refractivity contribution in [2.75, 3.05) is 32.6 Å². The van der Waals surface area contributed by atoms with Crippen LogP contribution in [-0.2, 0) is 9.47 Å². The maximum atomic E-state index is 13.2. The number of nitrogens with zero attached hydrogens (tertiary/aromatic N) is 3. The van der Waals surface area contributed by atoms with Crippen LogP contribution in [0.3, 0.4) is 0 Å². The van der Waals surface area contributed by atoms with Crippen molar-refractivity contribution in [2.45, 2.75) is 110 Å². The number of nitrogen functional groups attached to an aromatic ring is 1. The molecule has 3 amide bonds. The molecule has 5 atom stereocenters. The Morgan fingerprint density at radius 1 is 1.22 bits per heavy atom. The highest BCUT2D eigenvalue weighted by Crippen LogP contribution is 2.28. The number of carbonyl (C=O) groups is 2. The standard InChI is InChI=1S/C27H48N6O4/c1-7-19(8-2)25-30-18(5)24(33(25)28)26(34)29-15-20-14-21(11-13-23(20)36-9-3)31-27(35)32(6)16-22-12-10-17(4)37-22/h17,19-23H,7-16,28H2,1-6H3,(H,29,34)(H,31,35)/t17?,20?,21?,22-,23?/m0/s1. The summed E-state index contributed by atoms with van der Waals surface area (Å²) >= 11 is 0. The van der Waals surface area contributed by atoms with Crippen molar-refractivity contribution in [3.63, 3.8) is 0 Å². The zero-order valence-corrected chi connectivity index (χ0v) is 23.6. The highest BCUT2D eigenvalue weighted by molar-refractivity contribution is 5.93. The van der Waals surface area contributed by atoms with Crippen LogP contribution in [0.15, 0.2) is 0 Å². The van der Waals surface area contributed by atoms with Gasteiger partial charge in [0.15, 0.2) is 0 Å². The van der Waals surface area contributed by atoms with E-state index in [4.69, 9.17) is 15.3 Å². The van der Waals surface area contributed by atoms with Gasteiger partial charge in [-0.2, -0.15) is 0 Å². The van der Waals surface area contributed by atoms with Gasteiger partial charge in [0.25, 0.3) is 5.91 Å². The summed E-state index contributed by atoms with van der Waals surface area (Å²) in [6, 6.07) is -0.0531. The molecule has 1 aromatic rings. The molecule has 1 saturated heterocycles. The van der Waals surface area contributed by atoms with E-state index in [0.717, 1.165) is 50.8 Å². The third-order valence-corrected chi connectivity index (χ3v) is 7.97. The number of nitrogens with two attached hydrogens (primary N) is 1. The first-order chi connectivity index (χ1) is 17.7. The van der Waals surface area contributed by atoms with Crippen LogP contribution in [0.25, 0.3) is 0 Å². The third kappa shape index (κ3) is 7.37. The number of likely N-dealkylation sites (N-methyl/N-ethyl adjacent to an activating group) is 1. The van der Waals surface area contributed by atoms with Crippen LogP contribution in [0.5, 0.6) is 0 Å². The second-order valence-electron chi connectivity index (χ2n) is 10.7. The topological polar surface area (TPSA) is 124 Å². The minimum Gasteiger partial charge on any atom is -0.378 e. The van der Waals surface area contributed by atoms with Gasteiger partial charge in [0, 0.05) is 44.6 Å². The number of carbonyl (C=O) groups excluding carboxylic acids is 2. The average molecular weight is 521 g/mol. The second kappa shape index (κ2) is 13.5. The molecule has 2 heterocycles. The first-order valence-corrected chi connectivity index (χ1v) is 14.1. The Kier molecular flexibility index (Phi) is 10.6. The molecule has 210 valence electrons. The zero-order chi connectivity index (χ0) is 27.1. The van der Waals surface area contributed by atoms with Gasteiger partial charge in [0.1, 0.15) is 11.5 Å². The van der Waals surface area contributed by atoms with Crippen molar-refractivity contribution in [3.05, 3.63) is 17.2 Å². The van der Waals surface area contributed by atoms with Crippen molar-refractivity contribution < 1.29 is 19.1 Å². The second-order valence-corrected chi connectivity index (χ2v) is 10.7. The lowest BCUT2D eigenvalue weighted by Gasteiger charge is -2.37. The number of ether oxygens (including phenoxy) is 2. The molecule has 37 heavy (non-hydrogen) atoms. The summed E-state index contributed by atoms with van der Waals surface area (Å²) in [7, 11) is 1.82. The van der Waals surface area contributed by atoms with Gasteiger partial charge in [-0.05, 0) is 65.7 Å². The molecule has 0 radical (unpaired) electrons. The average Bonchev–Trinajstić information content (AvgIpc) is 3.41. The highest BCUT2D eigenvalue weighted by atomic mass is 16.5. The molecular weight excluding hydrogens is 472 g/mol. The van der Waals surface area contributed by atoms with Gasteiger partial charge >= 0.3 is 6.03 Å². The van der Waals surface area contributed by atoms with E-state index >= 15 is 0 Å². The molecule has 3 rings (SSSR count). The van der Waals surface area contributed by atoms with Crippen LogP contribution in [0, 0.1) is 12.8 Å². The van der Waals surface area contributed by atoms with Gasteiger partial charge in [-0.1, -0.05) is 13.8 Å². The first-order valence-electron chi connectivity index (χ1n) is 14.1. The van der Waals surface area contributed by atoms with Gasteiger partial charge in [-0.3, -0.25) is 4.79 Å². The Bertz CT molecular complexity index is 902. The molecule has 4 unspecified atom stereocenters. The van der Waals surface area contributed by atoms with Crippen molar-refractivity contribution in [2.24, 2.45) is 5.92 Å². The maximum Gasteiger partial charge on any atom is 0.317 e. The van der Waals surface area contributed by atoms with Gasteiger partial charge in [-0.25, -0.2) is 14.5 Å². The molecule has 2 aliphatic rings. The van der Waals surface area contributed by atoms with Crippen LogP contribution in [-0.4, -0.2) is 77.6 Å². The van der Waals surface area contributed by atoms with Crippen LogP contribution < -0.4 is 16.5 Å². The zero-order valence-electron chi connectivity index (χ0n) is 23.6. The Balaban J connectivity index is 1.59. The Morgan fingerprint density at radius 3 is 2.57 bits per heavy atom. The van der Waals surface area contributed by atoms with E-state index in [0.29, 0.717) is 31.1 Å². The molecule has 10 nitrogen and oxygen atoms in total. The fourth-order valence-corrected chi connectivity index (χ4v) is 5.80. The number of hydrogen-bond donors (Lipinski definition) is 3. The Hall–Kier alpha value is -2.33. The van der Waals surface area contributed by atoms with Gasteiger partial charge in [-0.15, -0.1) is 0 Å². The monoisotopic (exact) mass is 520 g/mol. The highest BCUT2D eigenvalue weighted by Gasteiger charge is 2.34. The number of urea groups is 1. The van der Waals surface area contributed by atoms with E-state index in [-0.39, 0.29) is 48.1 Å². The summed E-state index contributed by atoms with van der Waals surface area (Å²) in [4.78, 5) is 32.3. The van der Waals surface area contributed by atoms with Crippen molar-refractivity contribution in [3.8, 4) is 0 Å². The molecule has 0 aromatic carbocycles. The molecule has 4 N–H and O–H groups in total. The predicted molar refractivity (Wildman–Crippen MR) is 144 cm³/mol. The van der Waals surface area contributed by atoms with E-state index in [2.05, 4.69) is 36.4 Å². The SMILES string of the molecule is CCOC1CCC(NC(=O)N(C)C[C@@H]2CCC(C)O2)CC1CNC(=O)c1c(C)nc(C(CC)CC)n1N. The number of aromatic nitrogens is 2. The normalized spacial score (nSPS) is 25.9. The van der Waals surface area contributed by atoms with E-state index in [9.17, 15) is 9.59 Å². The molecule has 1 aromatic heterocycles. The lowest BCUT2D eigenvalue weighted by Crippen LogP contribution is -2.50. The smallest absolute Gasteiger partial charge is 0.317 e. The molecule has 2 fully saturated rings. The number of imidazole rings is 1. The van der Waals surface area contributed by atoms with Gasteiger partial charge < -0.3 is 30.8 Å². The van der Waals surface area contributed by atoms with E-state index < -0.39 is 0 Å². The van der Waals surface area contributed by atoms with E-state index in [1.165, 1.54) is 4.68 Å². The van der Waals surface area contributed by atoms with Crippen LogP contribution in [0.1, 0.15) is 101 Å². The first kappa shape index (κ1) is 29.2. The van der Waals surface area contributed by atoms with E-state index in [1.54, 1.807) is 4.90 Å². The number of amides is 3. The molecule has 0 spiro atoms. The van der Waals surface area contributed by atoms with Crippen molar-refractivity contribution >= 4 is 11.9 Å². The largest absolute Gasteiger partial charge is 0.378 e. The summed E-state index contributed by atoms with van der Waals surface area (Å²) in [6.07, 6.45) is 6.68. The van der Waals surface area contributed by atoms with Gasteiger partial charge in [0.2, 0.25) is 0 Å². The fourth-order valence-electron chi connectivity index (χ4n) is 5.80. The fraction of sp³-hybridized carbons (Fsp3) is 0.815. The number of rotatable bonds is 11. The molecule has 1 saturated carbocycles. The Morgan fingerprint density at radius 2 is 1.95 bits per heavy atom. The predicted octanol–water partition coefficient (Wildman–Crippen LogP) is 3.32. The lowest BCUT2D eigenvalue weighted by molar-refractivity contribution is -0.0102. The molecule has 1 aliphatic heterocycles. The number of aryl methyl sites for hydroxylation is 1. The van der Waals surface area contributed by atoms with E-state index in [1.807, 2.05) is 20.9 Å². The summed E-state index contributed by atoms with van der Waals surface area (Å²) < 4.78 is 13.3. The summed E-state index contributed by atoms with van der Waals surface area (Å²) in [5, 5.41) is 6.27. The lowest BCUT2D eigenvalue weighted by atomic mass is 9.83. The van der Waals surface area contributed by atoms with Crippen molar-refractivity contribution in [1.82, 2.24) is 25.2 Å². The molecule has 10 heteroatoms. The van der Waals surface area contributed by atoms with Crippen LogP contribution >= 0.6 is 0 Å². The molecular formula is C27H48N6O4. The summed E-state index contributed by atoms with van der Waals surface area (Å²) in [5.41, 5.74) is 1.04. The van der Waals surface area contributed by atoms with Crippen LogP contribution in [0.2, 0.25) is 0 Å². The quantitative estimate of drug-likeness (QED) is 0.385. The third-order valence-electron chi connectivity index (χ3n) is 7.97. The van der Waals surface area contributed by atoms with Crippen LogP contribution in [0.4, 0.5) is 4.79 Å². The summed E-state index contributed by atoms with van der Waals surface area (Å²) in [5.74, 6) is 7.15. The minimum absolute atomic E-state index is 0.0280. The number of nitrogens with one attached hydrogen (secondary N) is 2. The Labute approximate surface area is 222 Å². The maximum absolute atomic E-state index is 13.2. The van der Waals surface area contributed by atoms with Crippen molar-refractivity contribution in [1.29, 1.82) is 0 Å². The minimum atomic E-state index is -0.225. The molecule has 1 aliphatic carbocycles. The number of hydrogen-bond acceptors (Lipinski definition) is 6. The van der Waals surface area contributed by atoms with Gasteiger partial charge in [0.05, 0.1) is 24.0 Å².